The molecule has 2 atom stereocenters. The van der Waals surface area contributed by atoms with E-state index in [2.05, 4.69) is 37.0 Å². The molecule has 1 aromatic rings. The van der Waals surface area contributed by atoms with Crippen molar-refractivity contribution in [3.8, 4) is 0 Å². The first-order chi connectivity index (χ1) is 13.1. The number of allylic oxidation sites excluding steroid dienone is 3. The maximum Gasteiger partial charge on any atom is 0.123 e. The van der Waals surface area contributed by atoms with Gasteiger partial charge in [-0.1, -0.05) is 47.4 Å². The minimum Gasteiger partial charge on any atom is -0.290 e. The minimum absolute atomic E-state index is 0.116. The third kappa shape index (κ3) is 4.27. The second-order valence-electron chi connectivity index (χ2n) is 8.72. The Bertz CT molecular complexity index is 786. The van der Waals surface area contributed by atoms with Gasteiger partial charge in [0.15, 0.2) is 0 Å². The Morgan fingerprint density at radius 1 is 1.04 bits per heavy atom. The van der Waals surface area contributed by atoms with Crippen molar-refractivity contribution in [1.82, 2.24) is 4.90 Å². The summed E-state index contributed by atoms with van der Waals surface area (Å²) in [5.41, 5.74) is 7.00. The molecule has 2 unspecified atom stereocenters. The van der Waals surface area contributed by atoms with Gasteiger partial charge >= 0.3 is 0 Å². The van der Waals surface area contributed by atoms with Crippen LogP contribution in [0.25, 0.3) is 6.08 Å². The summed E-state index contributed by atoms with van der Waals surface area (Å²) in [6.45, 7) is 5.71. The van der Waals surface area contributed by atoms with E-state index >= 15 is 0 Å². The minimum atomic E-state index is -0.116. The Morgan fingerprint density at radius 3 is 2.74 bits per heavy atom. The zero-order valence-electron chi connectivity index (χ0n) is 16.8. The molecule has 1 heterocycles. The summed E-state index contributed by atoms with van der Waals surface area (Å²) in [6, 6.07) is 6.45. The molecule has 1 saturated heterocycles. The molecular weight excluding hydrogens is 333 g/mol. The number of hydrogen-bond acceptors (Lipinski definition) is 1. The van der Waals surface area contributed by atoms with Crippen LogP contribution < -0.4 is 0 Å². The summed E-state index contributed by atoms with van der Waals surface area (Å²) in [4.78, 5) is 2.74. The molecule has 0 bridgehead atoms. The number of hydrogen-bond donors (Lipinski definition) is 0. The van der Waals surface area contributed by atoms with Crippen LogP contribution in [0.15, 0.2) is 47.1 Å². The van der Waals surface area contributed by atoms with E-state index in [0.29, 0.717) is 12.1 Å². The van der Waals surface area contributed by atoms with E-state index in [-0.39, 0.29) is 5.82 Å². The summed E-state index contributed by atoms with van der Waals surface area (Å²) >= 11 is 0. The number of piperidine rings is 1. The highest BCUT2D eigenvalue weighted by atomic mass is 19.1. The van der Waals surface area contributed by atoms with E-state index < -0.39 is 0 Å². The van der Waals surface area contributed by atoms with E-state index in [1.54, 1.807) is 17.7 Å². The lowest BCUT2D eigenvalue weighted by atomic mass is 9.87. The molecule has 144 valence electrons. The van der Waals surface area contributed by atoms with Crippen LogP contribution >= 0.6 is 0 Å². The molecule has 4 rings (SSSR count). The summed E-state index contributed by atoms with van der Waals surface area (Å²) in [5.74, 6) is -0.116. The fourth-order valence-corrected chi connectivity index (χ4v) is 5.01. The monoisotopic (exact) mass is 365 g/mol. The lowest BCUT2D eigenvalue weighted by molar-refractivity contribution is 0.122. The molecule has 0 radical (unpaired) electrons. The van der Waals surface area contributed by atoms with Gasteiger partial charge in [-0.05, 0) is 82.1 Å². The lowest BCUT2D eigenvalue weighted by Crippen LogP contribution is -2.47. The van der Waals surface area contributed by atoms with Crippen molar-refractivity contribution >= 4 is 6.08 Å². The van der Waals surface area contributed by atoms with Crippen molar-refractivity contribution in [2.24, 2.45) is 0 Å². The van der Waals surface area contributed by atoms with Crippen LogP contribution in [0.1, 0.15) is 69.9 Å². The average Bonchev–Trinajstić information content (AvgIpc) is 2.87. The van der Waals surface area contributed by atoms with Crippen LogP contribution in [-0.4, -0.2) is 23.5 Å². The Hall–Kier alpha value is -1.67. The van der Waals surface area contributed by atoms with Crippen molar-refractivity contribution in [3.63, 3.8) is 0 Å². The molecule has 0 aromatic heterocycles. The largest absolute Gasteiger partial charge is 0.290 e. The number of halogens is 1. The molecule has 2 heteroatoms. The maximum absolute atomic E-state index is 13.8. The van der Waals surface area contributed by atoms with Crippen LogP contribution in [0.4, 0.5) is 4.39 Å². The van der Waals surface area contributed by atoms with E-state index in [4.69, 9.17) is 0 Å². The molecule has 1 nitrogen and oxygen atoms in total. The second-order valence-corrected chi connectivity index (χ2v) is 8.72. The number of benzene rings is 1. The van der Waals surface area contributed by atoms with Gasteiger partial charge in [0.2, 0.25) is 0 Å². The Balaban J connectivity index is 1.61. The molecule has 2 aliphatic carbocycles. The quantitative estimate of drug-likeness (QED) is 0.594. The smallest absolute Gasteiger partial charge is 0.123 e. The first kappa shape index (κ1) is 18.7. The van der Waals surface area contributed by atoms with Gasteiger partial charge in [0.05, 0.1) is 0 Å². The molecular formula is C25H32FN. The standard InChI is InChI=1S/C25H32FN/c1-18-9-11-20(12-10-18)17-27-19(2)5-3-8-25(27)22-7-4-6-21-13-14-24(26)16-23(21)15-22/h9,11,13-16,19,25H,3-8,10,12,17H2,1-2H3. The third-order valence-electron chi connectivity index (χ3n) is 6.68. The second kappa shape index (κ2) is 8.14. The number of nitrogens with zero attached hydrogens (tertiary/aromatic N) is 1. The van der Waals surface area contributed by atoms with E-state index in [1.807, 2.05) is 6.07 Å². The van der Waals surface area contributed by atoms with Crippen molar-refractivity contribution in [1.29, 1.82) is 0 Å². The van der Waals surface area contributed by atoms with Crippen molar-refractivity contribution < 1.29 is 4.39 Å². The van der Waals surface area contributed by atoms with Crippen LogP contribution in [0.2, 0.25) is 0 Å². The fraction of sp³-hybridized carbons (Fsp3) is 0.520. The van der Waals surface area contributed by atoms with Gasteiger partial charge in [-0.3, -0.25) is 4.90 Å². The summed E-state index contributed by atoms with van der Waals surface area (Å²) < 4.78 is 13.8. The van der Waals surface area contributed by atoms with Gasteiger partial charge in [-0.2, -0.15) is 0 Å². The highest BCUT2D eigenvalue weighted by Gasteiger charge is 2.31. The van der Waals surface area contributed by atoms with Crippen LogP contribution in [0.5, 0.6) is 0 Å². The van der Waals surface area contributed by atoms with Crippen LogP contribution in [0, 0.1) is 5.82 Å². The first-order valence-corrected chi connectivity index (χ1v) is 10.7. The lowest BCUT2D eigenvalue weighted by Gasteiger charge is -2.43. The van der Waals surface area contributed by atoms with E-state index in [0.717, 1.165) is 24.9 Å². The predicted molar refractivity (Wildman–Crippen MR) is 112 cm³/mol. The number of aryl methyl sites for hydroxylation is 1. The average molecular weight is 366 g/mol. The zero-order chi connectivity index (χ0) is 18.8. The molecule has 0 spiro atoms. The first-order valence-electron chi connectivity index (χ1n) is 10.7. The van der Waals surface area contributed by atoms with Gasteiger partial charge in [0.1, 0.15) is 5.82 Å². The topological polar surface area (TPSA) is 3.24 Å². The number of rotatable bonds is 3. The highest BCUT2D eigenvalue weighted by Crippen LogP contribution is 2.35. The van der Waals surface area contributed by atoms with E-state index in [9.17, 15) is 4.39 Å². The van der Waals surface area contributed by atoms with Crippen LogP contribution in [-0.2, 0) is 6.42 Å². The molecule has 1 aliphatic heterocycles. The molecule has 27 heavy (non-hydrogen) atoms. The fourth-order valence-electron chi connectivity index (χ4n) is 5.01. The summed E-state index contributed by atoms with van der Waals surface area (Å²) in [7, 11) is 0. The Kier molecular flexibility index (Phi) is 5.63. The molecule has 1 aromatic carbocycles. The normalized spacial score (nSPS) is 26.6. The predicted octanol–water partition coefficient (Wildman–Crippen LogP) is 6.45. The van der Waals surface area contributed by atoms with Gasteiger partial charge in [0, 0.05) is 18.6 Å². The molecule has 3 aliphatic rings. The van der Waals surface area contributed by atoms with Crippen LogP contribution in [0.3, 0.4) is 0 Å². The highest BCUT2D eigenvalue weighted by molar-refractivity contribution is 5.59. The summed E-state index contributed by atoms with van der Waals surface area (Å²) in [6.07, 6.45) is 16.6. The summed E-state index contributed by atoms with van der Waals surface area (Å²) in [5, 5.41) is 0. The molecule has 0 saturated carbocycles. The SMILES string of the molecule is CC1=CC=C(CN2C(C)CCCC2C2=Cc3cc(F)ccc3CCC2)CC1. The van der Waals surface area contributed by atoms with E-state index in [1.165, 1.54) is 55.2 Å². The van der Waals surface area contributed by atoms with Crippen molar-refractivity contribution in [2.75, 3.05) is 6.54 Å². The van der Waals surface area contributed by atoms with Gasteiger partial charge < -0.3 is 0 Å². The zero-order valence-corrected chi connectivity index (χ0v) is 16.8. The Morgan fingerprint density at radius 2 is 1.93 bits per heavy atom. The maximum atomic E-state index is 13.8. The van der Waals surface area contributed by atoms with Gasteiger partial charge in [0.25, 0.3) is 0 Å². The Labute approximate surface area is 163 Å². The molecule has 0 amide bonds. The number of fused-ring (bicyclic) bond motifs is 1. The molecule has 1 fully saturated rings. The van der Waals surface area contributed by atoms with Gasteiger partial charge in [-0.15, -0.1) is 0 Å². The molecule has 0 N–H and O–H groups in total. The van der Waals surface area contributed by atoms with Crippen molar-refractivity contribution in [3.05, 3.63) is 64.0 Å². The van der Waals surface area contributed by atoms with Gasteiger partial charge in [-0.25, -0.2) is 4.39 Å². The number of likely N-dealkylation sites (tertiary alicyclic amines) is 1. The third-order valence-corrected chi connectivity index (χ3v) is 6.68. The van der Waals surface area contributed by atoms with Crippen molar-refractivity contribution in [2.45, 2.75) is 77.3 Å².